The molecule has 0 fully saturated rings. The highest BCUT2D eigenvalue weighted by molar-refractivity contribution is 5.77. The van der Waals surface area contributed by atoms with Gasteiger partial charge in [-0.25, -0.2) is 4.98 Å². The van der Waals surface area contributed by atoms with Crippen LogP contribution in [0.25, 0.3) is 11.0 Å². The monoisotopic (exact) mass is 227 g/mol. The van der Waals surface area contributed by atoms with Crippen LogP contribution in [0.5, 0.6) is 0 Å². The first-order chi connectivity index (χ1) is 7.93. The van der Waals surface area contributed by atoms with Crippen LogP contribution in [0.3, 0.4) is 0 Å². The number of aromatic nitrogens is 2. The lowest BCUT2D eigenvalue weighted by Gasteiger charge is -2.18. The highest BCUT2D eigenvalue weighted by Crippen LogP contribution is 2.26. The van der Waals surface area contributed by atoms with Gasteiger partial charge in [-0.1, -0.05) is 26.8 Å². The Balaban J connectivity index is 2.60. The second-order valence-corrected chi connectivity index (χ2v) is 5.38. The molecule has 0 saturated heterocycles. The van der Waals surface area contributed by atoms with Gasteiger partial charge in [-0.05, 0) is 23.1 Å². The minimum Gasteiger partial charge on any atom is -0.330 e. The summed E-state index contributed by atoms with van der Waals surface area (Å²) in [5, 5.41) is 8.75. The van der Waals surface area contributed by atoms with E-state index in [2.05, 4.69) is 50.0 Å². The van der Waals surface area contributed by atoms with E-state index >= 15 is 0 Å². The lowest BCUT2D eigenvalue weighted by Crippen LogP contribution is -2.10. The average molecular weight is 227 g/mol. The van der Waals surface area contributed by atoms with Crippen molar-refractivity contribution in [1.29, 1.82) is 5.26 Å². The quantitative estimate of drug-likeness (QED) is 0.751. The number of hydrogen-bond acceptors (Lipinski definition) is 2. The van der Waals surface area contributed by atoms with Crippen molar-refractivity contribution in [1.82, 2.24) is 9.55 Å². The normalized spacial score (nSPS) is 11.7. The van der Waals surface area contributed by atoms with Crippen LogP contribution >= 0.6 is 0 Å². The summed E-state index contributed by atoms with van der Waals surface area (Å²) < 4.78 is 1.99. The molecule has 0 aliphatic carbocycles. The van der Waals surface area contributed by atoms with Crippen LogP contribution < -0.4 is 0 Å². The third-order valence-corrected chi connectivity index (χ3v) is 3.08. The van der Waals surface area contributed by atoms with Crippen LogP contribution in [-0.2, 0) is 18.9 Å². The van der Waals surface area contributed by atoms with Crippen LogP contribution in [0, 0.1) is 11.3 Å². The summed E-state index contributed by atoms with van der Waals surface area (Å²) in [7, 11) is 1.96. The fourth-order valence-corrected chi connectivity index (χ4v) is 1.95. The van der Waals surface area contributed by atoms with Crippen molar-refractivity contribution in [3.63, 3.8) is 0 Å². The Labute approximate surface area is 102 Å². The maximum absolute atomic E-state index is 8.75. The van der Waals surface area contributed by atoms with Gasteiger partial charge in [-0.15, -0.1) is 0 Å². The molecule has 0 N–H and O–H groups in total. The van der Waals surface area contributed by atoms with E-state index in [1.807, 2.05) is 11.6 Å². The molecule has 1 heterocycles. The maximum atomic E-state index is 8.75. The summed E-state index contributed by atoms with van der Waals surface area (Å²) in [6.45, 7) is 6.56. The summed E-state index contributed by atoms with van der Waals surface area (Å²) in [5.41, 5.74) is 3.46. The molecule has 0 spiro atoms. The van der Waals surface area contributed by atoms with E-state index in [1.54, 1.807) is 0 Å². The molecular formula is C14H17N3. The van der Waals surface area contributed by atoms with Crippen molar-refractivity contribution in [3.05, 3.63) is 29.6 Å². The molecule has 0 unspecified atom stereocenters. The Kier molecular flexibility index (Phi) is 2.66. The van der Waals surface area contributed by atoms with Gasteiger partial charge in [0, 0.05) is 7.05 Å². The Morgan fingerprint density at radius 2 is 2.06 bits per heavy atom. The smallest absolute Gasteiger partial charge is 0.123 e. The summed E-state index contributed by atoms with van der Waals surface area (Å²) in [6, 6.07) is 8.49. The second-order valence-electron chi connectivity index (χ2n) is 5.38. The van der Waals surface area contributed by atoms with Crippen LogP contribution in [0.15, 0.2) is 18.2 Å². The molecular weight excluding hydrogens is 210 g/mol. The molecule has 17 heavy (non-hydrogen) atoms. The van der Waals surface area contributed by atoms with Gasteiger partial charge in [0.25, 0.3) is 0 Å². The molecule has 0 bridgehead atoms. The Morgan fingerprint density at radius 3 is 2.65 bits per heavy atom. The Bertz CT molecular complexity index is 594. The maximum Gasteiger partial charge on any atom is 0.123 e. The SMILES string of the molecule is Cn1c(CC#N)nc2cc(C(C)(C)C)ccc21. The van der Waals surface area contributed by atoms with E-state index in [9.17, 15) is 0 Å². The molecule has 0 amide bonds. The number of aryl methyl sites for hydroxylation is 1. The largest absolute Gasteiger partial charge is 0.330 e. The van der Waals surface area contributed by atoms with Crippen LogP contribution in [0.4, 0.5) is 0 Å². The molecule has 3 heteroatoms. The van der Waals surface area contributed by atoms with E-state index < -0.39 is 0 Å². The minimum absolute atomic E-state index is 0.126. The van der Waals surface area contributed by atoms with Gasteiger partial charge in [0.05, 0.1) is 23.5 Å². The van der Waals surface area contributed by atoms with Gasteiger partial charge in [-0.2, -0.15) is 5.26 Å². The van der Waals surface area contributed by atoms with E-state index in [-0.39, 0.29) is 5.41 Å². The zero-order valence-corrected chi connectivity index (χ0v) is 10.8. The van der Waals surface area contributed by atoms with Crippen molar-refractivity contribution in [3.8, 4) is 6.07 Å². The van der Waals surface area contributed by atoms with Gasteiger partial charge in [0.15, 0.2) is 0 Å². The van der Waals surface area contributed by atoms with Crippen LogP contribution in [0.1, 0.15) is 32.2 Å². The van der Waals surface area contributed by atoms with E-state index in [0.717, 1.165) is 16.9 Å². The van der Waals surface area contributed by atoms with Gasteiger partial charge in [0.2, 0.25) is 0 Å². The number of benzene rings is 1. The fraction of sp³-hybridized carbons (Fsp3) is 0.429. The molecule has 2 aromatic rings. The topological polar surface area (TPSA) is 41.6 Å². The number of fused-ring (bicyclic) bond motifs is 1. The van der Waals surface area contributed by atoms with Crippen LogP contribution in [0.2, 0.25) is 0 Å². The third-order valence-electron chi connectivity index (χ3n) is 3.08. The molecule has 0 atom stereocenters. The van der Waals surface area contributed by atoms with Crippen LogP contribution in [-0.4, -0.2) is 9.55 Å². The molecule has 0 saturated carbocycles. The number of rotatable bonds is 1. The predicted molar refractivity (Wildman–Crippen MR) is 68.7 cm³/mol. The predicted octanol–water partition coefficient (Wildman–Crippen LogP) is 2.94. The van der Waals surface area contributed by atoms with Gasteiger partial charge >= 0.3 is 0 Å². The zero-order valence-electron chi connectivity index (χ0n) is 10.8. The number of nitriles is 1. The van der Waals surface area contributed by atoms with Crippen molar-refractivity contribution >= 4 is 11.0 Å². The first kappa shape index (κ1) is 11.7. The van der Waals surface area contributed by atoms with E-state index in [4.69, 9.17) is 5.26 Å². The standard InChI is InChI=1S/C14H17N3/c1-14(2,3)10-5-6-12-11(9-10)16-13(7-8-15)17(12)4/h5-6,9H,7H2,1-4H3. The molecule has 0 aliphatic heterocycles. The minimum atomic E-state index is 0.126. The highest BCUT2D eigenvalue weighted by atomic mass is 15.1. The van der Waals surface area contributed by atoms with E-state index in [1.165, 1.54) is 5.56 Å². The van der Waals surface area contributed by atoms with Crippen molar-refractivity contribution in [2.75, 3.05) is 0 Å². The average Bonchev–Trinajstić information content (AvgIpc) is 2.55. The van der Waals surface area contributed by atoms with Gasteiger partial charge < -0.3 is 4.57 Å². The first-order valence-electron chi connectivity index (χ1n) is 5.76. The molecule has 1 aromatic carbocycles. The highest BCUT2D eigenvalue weighted by Gasteiger charge is 2.15. The lowest BCUT2D eigenvalue weighted by atomic mass is 9.87. The number of hydrogen-bond donors (Lipinski definition) is 0. The fourth-order valence-electron chi connectivity index (χ4n) is 1.95. The summed E-state index contributed by atoms with van der Waals surface area (Å²) in [6.07, 6.45) is 0.357. The van der Waals surface area contributed by atoms with E-state index in [0.29, 0.717) is 6.42 Å². The Hall–Kier alpha value is -1.82. The summed E-state index contributed by atoms with van der Waals surface area (Å²) in [4.78, 5) is 4.52. The van der Waals surface area contributed by atoms with Crippen molar-refractivity contribution in [2.45, 2.75) is 32.6 Å². The number of nitrogens with zero attached hydrogens (tertiary/aromatic N) is 3. The van der Waals surface area contributed by atoms with Crippen molar-refractivity contribution < 1.29 is 0 Å². The first-order valence-corrected chi connectivity index (χ1v) is 5.76. The molecule has 0 radical (unpaired) electrons. The number of imidazole rings is 1. The summed E-state index contributed by atoms with van der Waals surface area (Å²) in [5.74, 6) is 0.827. The second kappa shape index (κ2) is 3.89. The lowest BCUT2D eigenvalue weighted by molar-refractivity contribution is 0.591. The van der Waals surface area contributed by atoms with Gasteiger partial charge in [-0.3, -0.25) is 0 Å². The zero-order chi connectivity index (χ0) is 12.6. The third kappa shape index (κ3) is 2.03. The molecule has 1 aromatic heterocycles. The van der Waals surface area contributed by atoms with Crippen molar-refractivity contribution in [2.24, 2.45) is 7.05 Å². The molecule has 2 rings (SSSR count). The molecule has 3 nitrogen and oxygen atoms in total. The molecule has 88 valence electrons. The molecule has 0 aliphatic rings. The Morgan fingerprint density at radius 1 is 1.35 bits per heavy atom. The van der Waals surface area contributed by atoms with Gasteiger partial charge in [0.1, 0.15) is 5.82 Å². The summed E-state index contributed by atoms with van der Waals surface area (Å²) >= 11 is 0.